The summed E-state index contributed by atoms with van der Waals surface area (Å²) in [6.45, 7) is 3.52. The minimum Gasteiger partial charge on any atom is -0.396 e. The molecule has 4 N–H and O–H groups in total. The summed E-state index contributed by atoms with van der Waals surface area (Å²) in [6.07, 6.45) is 3.74. The van der Waals surface area contributed by atoms with Gasteiger partial charge >= 0.3 is 0 Å². The van der Waals surface area contributed by atoms with E-state index in [1.54, 1.807) is 6.20 Å². The summed E-state index contributed by atoms with van der Waals surface area (Å²) < 4.78 is 0. The zero-order valence-corrected chi connectivity index (χ0v) is 9.35. The Bertz CT molecular complexity index is 355. The van der Waals surface area contributed by atoms with Crippen LogP contribution in [0.4, 0.5) is 5.82 Å². The standard InChI is InChI=1S/C10H17N5O/c1-2-15(6-3-7-16)10-8(9(11)12)13-4-5-14-10/h4-5,16H,2-3,6-7H2,1H3,(H3,11,12). The van der Waals surface area contributed by atoms with Gasteiger partial charge in [-0.05, 0) is 13.3 Å². The van der Waals surface area contributed by atoms with Crippen LogP contribution in [0.15, 0.2) is 12.4 Å². The second-order valence-electron chi connectivity index (χ2n) is 3.30. The Morgan fingerprint density at radius 1 is 1.50 bits per heavy atom. The first-order valence-electron chi connectivity index (χ1n) is 5.22. The minimum absolute atomic E-state index is 0.0921. The summed E-state index contributed by atoms with van der Waals surface area (Å²) in [5.74, 6) is 0.511. The molecule has 0 aliphatic carbocycles. The van der Waals surface area contributed by atoms with Crippen LogP contribution in [-0.2, 0) is 0 Å². The maximum atomic E-state index is 8.81. The summed E-state index contributed by atoms with van der Waals surface area (Å²) in [5, 5.41) is 16.2. The molecule has 0 saturated carbocycles. The maximum Gasteiger partial charge on any atom is 0.158 e. The molecule has 0 unspecified atom stereocenters. The predicted octanol–water partition coefficient (Wildman–Crippen LogP) is -0.0306. The number of anilines is 1. The molecule has 0 bridgehead atoms. The Balaban J connectivity index is 2.94. The van der Waals surface area contributed by atoms with E-state index in [-0.39, 0.29) is 12.4 Å². The number of nitrogens with one attached hydrogen (secondary N) is 1. The van der Waals surface area contributed by atoms with Crippen molar-refractivity contribution in [3.05, 3.63) is 18.1 Å². The van der Waals surface area contributed by atoms with E-state index in [0.29, 0.717) is 24.5 Å². The number of aromatic nitrogens is 2. The largest absolute Gasteiger partial charge is 0.396 e. The van der Waals surface area contributed by atoms with Crippen molar-refractivity contribution < 1.29 is 5.11 Å². The lowest BCUT2D eigenvalue weighted by Gasteiger charge is -2.22. The van der Waals surface area contributed by atoms with Gasteiger partial charge in [-0.2, -0.15) is 0 Å². The Kier molecular flexibility index (Phi) is 4.65. The van der Waals surface area contributed by atoms with Crippen LogP contribution < -0.4 is 10.6 Å². The summed E-state index contributed by atoms with van der Waals surface area (Å²) >= 11 is 0. The molecule has 0 aliphatic heterocycles. The van der Waals surface area contributed by atoms with Crippen LogP contribution in [-0.4, -0.2) is 40.6 Å². The van der Waals surface area contributed by atoms with E-state index in [4.69, 9.17) is 16.2 Å². The number of hydrogen-bond acceptors (Lipinski definition) is 5. The second-order valence-corrected chi connectivity index (χ2v) is 3.30. The van der Waals surface area contributed by atoms with Crippen LogP contribution in [0.5, 0.6) is 0 Å². The van der Waals surface area contributed by atoms with Crippen molar-refractivity contribution in [3.63, 3.8) is 0 Å². The quantitative estimate of drug-likeness (QED) is 0.464. The Morgan fingerprint density at radius 2 is 2.19 bits per heavy atom. The SMILES string of the molecule is CCN(CCCO)c1nccnc1C(=N)N. The van der Waals surface area contributed by atoms with E-state index in [9.17, 15) is 0 Å². The van der Waals surface area contributed by atoms with Gasteiger partial charge in [0.25, 0.3) is 0 Å². The molecule has 1 aromatic rings. The van der Waals surface area contributed by atoms with Gasteiger partial charge < -0.3 is 15.7 Å². The van der Waals surface area contributed by atoms with Crippen molar-refractivity contribution in [1.82, 2.24) is 9.97 Å². The number of aliphatic hydroxyl groups is 1. The molecule has 16 heavy (non-hydrogen) atoms. The zero-order valence-electron chi connectivity index (χ0n) is 9.35. The fraction of sp³-hybridized carbons (Fsp3) is 0.500. The first kappa shape index (κ1) is 12.4. The van der Waals surface area contributed by atoms with Crippen LogP contribution in [0.25, 0.3) is 0 Å². The van der Waals surface area contributed by atoms with E-state index >= 15 is 0 Å². The fourth-order valence-corrected chi connectivity index (χ4v) is 1.43. The van der Waals surface area contributed by atoms with Crippen molar-refractivity contribution in [2.45, 2.75) is 13.3 Å². The van der Waals surface area contributed by atoms with E-state index in [1.807, 2.05) is 11.8 Å². The summed E-state index contributed by atoms with van der Waals surface area (Å²) in [5.41, 5.74) is 5.83. The first-order chi connectivity index (χ1) is 7.70. The van der Waals surface area contributed by atoms with Gasteiger partial charge in [0, 0.05) is 32.1 Å². The highest BCUT2D eigenvalue weighted by Gasteiger charge is 2.13. The number of nitrogens with two attached hydrogens (primary N) is 1. The van der Waals surface area contributed by atoms with Gasteiger partial charge in [-0.25, -0.2) is 9.97 Å². The summed E-state index contributed by atoms with van der Waals surface area (Å²) in [4.78, 5) is 10.2. The molecule has 0 aliphatic rings. The van der Waals surface area contributed by atoms with Gasteiger partial charge in [-0.1, -0.05) is 0 Å². The van der Waals surface area contributed by atoms with Crippen molar-refractivity contribution in [1.29, 1.82) is 5.41 Å². The number of aliphatic hydroxyl groups excluding tert-OH is 1. The molecule has 0 fully saturated rings. The third-order valence-electron chi connectivity index (χ3n) is 2.20. The van der Waals surface area contributed by atoms with Crippen molar-refractivity contribution in [2.24, 2.45) is 5.73 Å². The van der Waals surface area contributed by atoms with Crippen LogP contribution in [0.2, 0.25) is 0 Å². The van der Waals surface area contributed by atoms with Crippen molar-refractivity contribution in [3.8, 4) is 0 Å². The number of nitrogens with zero attached hydrogens (tertiary/aromatic N) is 3. The van der Waals surface area contributed by atoms with Gasteiger partial charge in [-0.15, -0.1) is 0 Å². The van der Waals surface area contributed by atoms with E-state index in [1.165, 1.54) is 6.20 Å². The minimum atomic E-state index is -0.0921. The molecular weight excluding hydrogens is 206 g/mol. The Hall–Kier alpha value is -1.69. The predicted molar refractivity (Wildman–Crippen MR) is 62.6 cm³/mol. The average Bonchev–Trinajstić information content (AvgIpc) is 2.30. The molecule has 88 valence electrons. The zero-order chi connectivity index (χ0) is 12.0. The molecule has 0 atom stereocenters. The Morgan fingerprint density at radius 3 is 2.75 bits per heavy atom. The van der Waals surface area contributed by atoms with Gasteiger partial charge in [-0.3, -0.25) is 5.41 Å². The van der Waals surface area contributed by atoms with E-state index < -0.39 is 0 Å². The lowest BCUT2D eigenvalue weighted by Crippen LogP contribution is -2.29. The summed E-state index contributed by atoms with van der Waals surface area (Å²) in [6, 6.07) is 0. The lowest BCUT2D eigenvalue weighted by atomic mass is 10.3. The third-order valence-corrected chi connectivity index (χ3v) is 2.20. The van der Waals surface area contributed by atoms with Gasteiger partial charge in [0.05, 0.1) is 0 Å². The van der Waals surface area contributed by atoms with E-state index in [0.717, 1.165) is 6.54 Å². The molecule has 6 nitrogen and oxygen atoms in total. The lowest BCUT2D eigenvalue weighted by molar-refractivity contribution is 0.289. The number of rotatable bonds is 6. The molecule has 1 rings (SSSR count). The molecule has 6 heteroatoms. The second kappa shape index (κ2) is 6.02. The molecule has 0 saturated heterocycles. The molecular formula is C10H17N5O. The molecule has 0 spiro atoms. The number of nitrogen functional groups attached to an aromatic ring is 1. The molecule has 1 heterocycles. The maximum absolute atomic E-state index is 8.81. The number of hydrogen-bond donors (Lipinski definition) is 3. The monoisotopic (exact) mass is 223 g/mol. The first-order valence-corrected chi connectivity index (χ1v) is 5.22. The number of amidine groups is 1. The third kappa shape index (κ3) is 2.90. The Labute approximate surface area is 94.6 Å². The average molecular weight is 223 g/mol. The smallest absolute Gasteiger partial charge is 0.158 e. The van der Waals surface area contributed by atoms with Crippen molar-refractivity contribution in [2.75, 3.05) is 24.6 Å². The molecule has 0 amide bonds. The highest BCUT2D eigenvalue weighted by Crippen LogP contribution is 2.14. The van der Waals surface area contributed by atoms with Crippen LogP contribution in [0.1, 0.15) is 19.0 Å². The topological polar surface area (TPSA) is 99.1 Å². The molecule has 1 aromatic heterocycles. The van der Waals surface area contributed by atoms with Crippen LogP contribution in [0.3, 0.4) is 0 Å². The molecule has 0 radical (unpaired) electrons. The van der Waals surface area contributed by atoms with Gasteiger partial charge in [0.15, 0.2) is 5.82 Å². The van der Waals surface area contributed by atoms with Crippen molar-refractivity contribution >= 4 is 11.7 Å². The normalized spacial score (nSPS) is 10.1. The van der Waals surface area contributed by atoms with E-state index in [2.05, 4.69) is 9.97 Å². The summed E-state index contributed by atoms with van der Waals surface area (Å²) in [7, 11) is 0. The highest BCUT2D eigenvalue weighted by molar-refractivity contribution is 5.97. The molecule has 0 aromatic carbocycles. The van der Waals surface area contributed by atoms with Gasteiger partial charge in [0.2, 0.25) is 0 Å². The van der Waals surface area contributed by atoms with Gasteiger partial charge in [0.1, 0.15) is 11.5 Å². The highest BCUT2D eigenvalue weighted by atomic mass is 16.3. The van der Waals surface area contributed by atoms with Crippen LogP contribution in [0, 0.1) is 5.41 Å². The fourth-order valence-electron chi connectivity index (χ4n) is 1.43. The van der Waals surface area contributed by atoms with Crippen LogP contribution >= 0.6 is 0 Å².